The van der Waals surface area contributed by atoms with Crippen LogP contribution in [0.2, 0.25) is 5.02 Å². The fourth-order valence-corrected chi connectivity index (χ4v) is 2.03. The van der Waals surface area contributed by atoms with E-state index in [1.807, 2.05) is 36.0 Å². The van der Waals surface area contributed by atoms with Crippen LogP contribution in [0.25, 0.3) is 11.1 Å². The Hall–Kier alpha value is -1.74. The van der Waals surface area contributed by atoms with Crippen LogP contribution in [0.5, 0.6) is 0 Å². The number of nitrogens with zero attached hydrogens (tertiary/aromatic N) is 1. The number of rotatable bonds is 3. The summed E-state index contributed by atoms with van der Waals surface area (Å²) in [4.78, 5) is 11.9. The van der Waals surface area contributed by atoms with Crippen LogP contribution in [-0.4, -0.2) is 17.1 Å². The van der Waals surface area contributed by atoms with E-state index in [1.54, 1.807) is 19.2 Å². The van der Waals surface area contributed by atoms with Crippen LogP contribution in [-0.2, 0) is 11.8 Å². The van der Waals surface area contributed by atoms with Gasteiger partial charge in [-0.25, -0.2) is 4.79 Å². The molecule has 1 aromatic carbocycles. The molecule has 0 bridgehead atoms. The van der Waals surface area contributed by atoms with Crippen molar-refractivity contribution in [3.05, 3.63) is 47.2 Å². The van der Waals surface area contributed by atoms with Crippen molar-refractivity contribution in [2.24, 2.45) is 7.05 Å². The Morgan fingerprint density at radius 1 is 1.39 bits per heavy atom. The highest BCUT2D eigenvalue weighted by Gasteiger charge is 2.16. The first-order chi connectivity index (χ1) is 8.61. The molecule has 2 rings (SSSR count). The van der Waals surface area contributed by atoms with Crippen molar-refractivity contribution in [2.45, 2.75) is 6.92 Å². The molecule has 0 saturated heterocycles. The first kappa shape index (κ1) is 12.7. The third-order valence-corrected chi connectivity index (χ3v) is 2.82. The van der Waals surface area contributed by atoms with E-state index in [4.69, 9.17) is 16.3 Å². The fourth-order valence-electron chi connectivity index (χ4n) is 1.84. The number of carbonyl (C=O) groups excluding carboxylic acids is 1. The summed E-state index contributed by atoms with van der Waals surface area (Å²) in [6, 6.07) is 7.42. The molecule has 1 heterocycles. The fraction of sp³-hybridized carbons (Fsp3) is 0.214. The maximum absolute atomic E-state index is 11.9. The van der Waals surface area contributed by atoms with Crippen LogP contribution >= 0.6 is 11.6 Å². The standard InChI is InChI=1S/C14H14ClNO2/c1-3-18-14(17)13-9-16(2)8-12(13)10-5-4-6-11(15)7-10/h4-9H,3H2,1-2H3. The first-order valence-corrected chi connectivity index (χ1v) is 6.08. The Bertz CT molecular complexity index is 575. The molecule has 2 aromatic rings. The molecule has 18 heavy (non-hydrogen) atoms. The van der Waals surface area contributed by atoms with E-state index in [0.717, 1.165) is 11.1 Å². The summed E-state index contributed by atoms with van der Waals surface area (Å²) < 4.78 is 6.88. The molecule has 0 aliphatic heterocycles. The molecule has 0 spiro atoms. The van der Waals surface area contributed by atoms with Crippen molar-refractivity contribution in [3.63, 3.8) is 0 Å². The van der Waals surface area contributed by atoms with Crippen molar-refractivity contribution >= 4 is 17.6 Å². The summed E-state index contributed by atoms with van der Waals surface area (Å²) in [5.74, 6) is -0.312. The molecule has 0 fully saturated rings. The molecule has 0 radical (unpaired) electrons. The number of halogens is 1. The van der Waals surface area contributed by atoms with E-state index in [1.165, 1.54) is 0 Å². The summed E-state index contributed by atoms with van der Waals surface area (Å²) in [5.41, 5.74) is 2.30. The SMILES string of the molecule is CCOC(=O)c1cn(C)cc1-c1cccc(Cl)c1. The summed E-state index contributed by atoms with van der Waals surface area (Å²) in [6.45, 7) is 2.16. The van der Waals surface area contributed by atoms with Gasteiger partial charge in [0.2, 0.25) is 0 Å². The van der Waals surface area contributed by atoms with Crippen molar-refractivity contribution in [1.29, 1.82) is 0 Å². The Balaban J connectivity index is 2.47. The minimum absolute atomic E-state index is 0.312. The van der Waals surface area contributed by atoms with Crippen LogP contribution in [0.3, 0.4) is 0 Å². The highest BCUT2D eigenvalue weighted by Crippen LogP contribution is 2.27. The average molecular weight is 264 g/mol. The number of aryl methyl sites for hydroxylation is 1. The van der Waals surface area contributed by atoms with Crippen LogP contribution in [0.1, 0.15) is 17.3 Å². The summed E-state index contributed by atoms with van der Waals surface area (Å²) in [5, 5.41) is 0.645. The zero-order valence-electron chi connectivity index (χ0n) is 10.3. The molecule has 94 valence electrons. The molecule has 0 unspecified atom stereocenters. The lowest BCUT2D eigenvalue weighted by Crippen LogP contribution is -2.04. The van der Waals surface area contributed by atoms with Gasteiger partial charge in [0.1, 0.15) is 0 Å². The van der Waals surface area contributed by atoms with Gasteiger partial charge in [0, 0.05) is 30.0 Å². The van der Waals surface area contributed by atoms with Gasteiger partial charge >= 0.3 is 5.97 Å². The monoisotopic (exact) mass is 263 g/mol. The van der Waals surface area contributed by atoms with Gasteiger partial charge in [0.15, 0.2) is 0 Å². The Morgan fingerprint density at radius 3 is 2.83 bits per heavy atom. The maximum atomic E-state index is 11.9. The van der Waals surface area contributed by atoms with E-state index in [9.17, 15) is 4.79 Å². The number of aromatic nitrogens is 1. The van der Waals surface area contributed by atoms with Crippen molar-refractivity contribution < 1.29 is 9.53 Å². The average Bonchev–Trinajstić information content (AvgIpc) is 2.72. The summed E-state index contributed by atoms with van der Waals surface area (Å²) in [7, 11) is 1.87. The van der Waals surface area contributed by atoms with Crippen LogP contribution in [0.15, 0.2) is 36.7 Å². The second-order valence-electron chi connectivity index (χ2n) is 3.98. The number of carbonyl (C=O) groups is 1. The molecule has 3 nitrogen and oxygen atoms in total. The normalized spacial score (nSPS) is 10.4. The van der Waals surface area contributed by atoms with Gasteiger partial charge < -0.3 is 9.30 Å². The van der Waals surface area contributed by atoms with E-state index in [2.05, 4.69) is 0 Å². The topological polar surface area (TPSA) is 31.2 Å². The van der Waals surface area contributed by atoms with Gasteiger partial charge in [0.05, 0.1) is 12.2 Å². The van der Waals surface area contributed by atoms with E-state index in [-0.39, 0.29) is 5.97 Å². The van der Waals surface area contributed by atoms with Crippen molar-refractivity contribution in [2.75, 3.05) is 6.61 Å². The minimum atomic E-state index is -0.312. The lowest BCUT2D eigenvalue weighted by molar-refractivity contribution is 0.0527. The zero-order valence-corrected chi connectivity index (χ0v) is 11.1. The molecular weight excluding hydrogens is 250 g/mol. The van der Waals surface area contributed by atoms with Gasteiger partial charge in [-0.05, 0) is 24.6 Å². The Labute approximate surface area is 111 Å². The van der Waals surface area contributed by atoms with Gasteiger partial charge in [-0.15, -0.1) is 0 Å². The van der Waals surface area contributed by atoms with Crippen molar-refractivity contribution in [1.82, 2.24) is 4.57 Å². The van der Waals surface area contributed by atoms with E-state index in [0.29, 0.717) is 17.2 Å². The van der Waals surface area contributed by atoms with Gasteiger partial charge in [-0.3, -0.25) is 0 Å². The molecular formula is C14H14ClNO2. The van der Waals surface area contributed by atoms with Crippen LogP contribution < -0.4 is 0 Å². The van der Waals surface area contributed by atoms with Crippen molar-refractivity contribution in [3.8, 4) is 11.1 Å². The zero-order chi connectivity index (χ0) is 13.1. The highest BCUT2D eigenvalue weighted by atomic mass is 35.5. The number of hydrogen-bond donors (Lipinski definition) is 0. The number of ether oxygens (including phenoxy) is 1. The molecule has 0 N–H and O–H groups in total. The Kier molecular flexibility index (Phi) is 3.72. The maximum Gasteiger partial charge on any atom is 0.340 e. The predicted octanol–water partition coefficient (Wildman–Crippen LogP) is 3.52. The van der Waals surface area contributed by atoms with Gasteiger partial charge in [0.25, 0.3) is 0 Å². The van der Waals surface area contributed by atoms with E-state index >= 15 is 0 Å². The Morgan fingerprint density at radius 2 is 2.17 bits per heavy atom. The predicted molar refractivity (Wildman–Crippen MR) is 71.8 cm³/mol. The highest BCUT2D eigenvalue weighted by molar-refractivity contribution is 6.30. The third-order valence-electron chi connectivity index (χ3n) is 2.59. The largest absolute Gasteiger partial charge is 0.462 e. The summed E-state index contributed by atoms with van der Waals surface area (Å²) in [6.07, 6.45) is 3.64. The lowest BCUT2D eigenvalue weighted by Gasteiger charge is -2.04. The number of hydrogen-bond acceptors (Lipinski definition) is 2. The van der Waals surface area contributed by atoms with Gasteiger partial charge in [-0.2, -0.15) is 0 Å². The molecule has 4 heteroatoms. The minimum Gasteiger partial charge on any atom is -0.462 e. The lowest BCUT2D eigenvalue weighted by atomic mass is 10.1. The smallest absolute Gasteiger partial charge is 0.340 e. The second kappa shape index (κ2) is 5.27. The molecule has 1 aromatic heterocycles. The van der Waals surface area contributed by atoms with E-state index < -0.39 is 0 Å². The first-order valence-electron chi connectivity index (χ1n) is 5.71. The molecule has 0 saturated carbocycles. The number of esters is 1. The molecule has 0 aliphatic carbocycles. The van der Waals surface area contributed by atoms with Gasteiger partial charge in [-0.1, -0.05) is 23.7 Å². The second-order valence-corrected chi connectivity index (χ2v) is 4.42. The summed E-state index contributed by atoms with van der Waals surface area (Å²) >= 11 is 5.97. The third kappa shape index (κ3) is 2.57. The van der Waals surface area contributed by atoms with Crippen LogP contribution in [0.4, 0.5) is 0 Å². The number of benzene rings is 1. The van der Waals surface area contributed by atoms with Crippen LogP contribution in [0, 0.1) is 0 Å². The molecule has 0 aliphatic rings. The quantitative estimate of drug-likeness (QED) is 0.794. The molecule has 0 amide bonds. The molecule has 0 atom stereocenters.